The van der Waals surface area contributed by atoms with Crippen LogP contribution in [0.1, 0.15) is 32.8 Å². The van der Waals surface area contributed by atoms with Crippen LogP contribution in [0.25, 0.3) is 0 Å². The number of halogens is 3. The van der Waals surface area contributed by atoms with E-state index in [9.17, 15) is 18.0 Å². The second kappa shape index (κ2) is 5.15. The van der Waals surface area contributed by atoms with Gasteiger partial charge in [-0.3, -0.25) is 5.32 Å². The summed E-state index contributed by atoms with van der Waals surface area (Å²) in [6, 6.07) is 3.51. The monoisotopic (exact) mass is 316 g/mol. The Balaban J connectivity index is 2.23. The lowest BCUT2D eigenvalue weighted by Crippen LogP contribution is -2.29. The van der Waals surface area contributed by atoms with Crippen molar-refractivity contribution >= 4 is 11.8 Å². The standard InChI is InChI=1S/C15H19F3N2O2/c1-13(2,3)22-12(21)20-9-4-5-11(16)10(6-9)14(8-19)7-15(14,17)18/h4-6H,7-8,19H2,1-3H3,(H,20,21). The van der Waals surface area contributed by atoms with E-state index in [-0.39, 0.29) is 17.8 Å². The third-order valence-electron chi connectivity index (χ3n) is 3.57. The third-order valence-corrected chi connectivity index (χ3v) is 3.57. The lowest BCUT2D eigenvalue weighted by molar-refractivity contribution is 0.0636. The van der Waals surface area contributed by atoms with E-state index in [0.717, 1.165) is 6.07 Å². The van der Waals surface area contributed by atoms with E-state index >= 15 is 0 Å². The van der Waals surface area contributed by atoms with E-state index in [1.807, 2.05) is 0 Å². The number of anilines is 1. The average molecular weight is 316 g/mol. The van der Waals surface area contributed by atoms with Gasteiger partial charge in [0.1, 0.15) is 11.4 Å². The Morgan fingerprint density at radius 3 is 2.45 bits per heavy atom. The van der Waals surface area contributed by atoms with Gasteiger partial charge in [-0.05, 0) is 39.0 Å². The van der Waals surface area contributed by atoms with E-state index in [4.69, 9.17) is 10.5 Å². The van der Waals surface area contributed by atoms with Gasteiger partial charge in [-0.15, -0.1) is 0 Å². The number of hydrogen-bond acceptors (Lipinski definition) is 3. The molecule has 1 aromatic rings. The Kier molecular flexibility index (Phi) is 3.89. The maximum absolute atomic E-state index is 13.9. The highest BCUT2D eigenvalue weighted by atomic mass is 19.3. The predicted molar refractivity (Wildman–Crippen MR) is 76.6 cm³/mol. The van der Waals surface area contributed by atoms with Crippen molar-refractivity contribution < 1.29 is 22.7 Å². The minimum atomic E-state index is -3.03. The number of carbonyl (C=O) groups excluding carboxylic acids is 1. The molecular weight excluding hydrogens is 297 g/mol. The molecule has 0 heterocycles. The maximum atomic E-state index is 13.9. The molecule has 2 rings (SSSR count). The van der Waals surface area contributed by atoms with Crippen LogP contribution >= 0.6 is 0 Å². The van der Waals surface area contributed by atoms with Crippen LogP contribution < -0.4 is 11.1 Å². The maximum Gasteiger partial charge on any atom is 0.412 e. The summed E-state index contributed by atoms with van der Waals surface area (Å²) in [7, 11) is 0. The summed E-state index contributed by atoms with van der Waals surface area (Å²) < 4.78 is 46.1. The molecule has 1 aliphatic carbocycles. The molecule has 4 nitrogen and oxygen atoms in total. The molecule has 0 radical (unpaired) electrons. The molecule has 22 heavy (non-hydrogen) atoms. The first-order valence-corrected chi connectivity index (χ1v) is 6.89. The summed E-state index contributed by atoms with van der Waals surface area (Å²) in [4.78, 5) is 11.7. The zero-order valence-corrected chi connectivity index (χ0v) is 12.7. The Hall–Kier alpha value is -1.76. The first-order valence-electron chi connectivity index (χ1n) is 6.89. The lowest BCUT2D eigenvalue weighted by Gasteiger charge is -2.20. The molecule has 1 aliphatic rings. The molecule has 0 bridgehead atoms. The van der Waals surface area contributed by atoms with Crippen molar-refractivity contribution in [2.75, 3.05) is 11.9 Å². The number of nitrogens with one attached hydrogen (secondary N) is 1. The number of benzene rings is 1. The molecule has 1 unspecified atom stereocenters. The number of amides is 1. The fourth-order valence-electron chi connectivity index (χ4n) is 2.35. The van der Waals surface area contributed by atoms with Gasteiger partial charge < -0.3 is 10.5 Å². The minimum absolute atomic E-state index is 0.182. The van der Waals surface area contributed by atoms with Gasteiger partial charge in [0.15, 0.2) is 0 Å². The first-order chi connectivity index (χ1) is 10.0. The van der Waals surface area contributed by atoms with E-state index in [0.29, 0.717) is 0 Å². The van der Waals surface area contributed by atoms with Crippen molar-refractivity contribution in [1.29, 1.82) is 0 Å². The fraction of sp³-hybridized carbons (Fsp3) is 0.533. The molecule has 0 spiro atoms. The quantitative estimate of drug-likeness (QED) is 0.898. The number of nitrogens with two attached hydrogens (primary N) is 1. The van der Waals surface area contributed by atoms with Crippen molar-refractivity contribution in [3.8, 4) is 0 Å². The number of rotatable bonds is 3. The van der Waals surface area contributed by atoms with Gasteiger partial charge in [0.05, 0.1) is 5.41 Å². The zero-order chi connectivity index (χ0) is 16.8. The number of carbonyl (C=O) groups is 1. The summed E-state index contributed by atoms with van der Waals surface area (Å²) >= 11 is 0. The molecule has 0 saturated heterocycles. The van der Waals surface area contributed by atoms with Crippen molar-refractivity contribution in [3.63, 3.8) is 0 Å². The Labute approximate surface area is 126 Å². The molecule has 1 aromatic carbocycles. The van der Waals surface area contributed by atoms with E-state index in [1.54, 1.807) is 20.8 Å². The SMILES string of the molecule is CC(C)(C)OC(=O)Nc1ccc(F)c(C2(CN)CC2(F)F)c1. The van der Waals surface area contributed by atoms with Gasteiger partial charge in [0, 0.05) is 24.2 Å². The summed E-state index contributed by atoms with van der Waals surface area (Å²) in [5.74, 6) is -3.80. The van der Waals surface area contributed by atoms with Gasteiger partial charge in [-0.1, -0.05) is 0 Å². The zero-order valence-electron chi connectivity index (χ0n) is 12.7. The van der Waals surface area contributed by atoms with Gasteiger partial charge in [-0.25, -0.2) is 18.0 Å². The summed E-state index contributed by atoms with van der Waals surface area (Å²) in [6.45, 7) is 4.71. The van der Waals surface area contributed by atoms with Crippen molar-refractivity contribution in [2.45, 2.75) is 44.1 Å². The number of alkyl halides is 2. The Bertz CT molecular complexity index is 599. The summed E-state index contributed by atoms with van der Waals surface area (Å²) in [5, 5.41) is 2.40. The molecule has 1 amide bonds. The van der Waals surface area contributed by atoms with E-state index in [2.05, 4.69) is 5.32 Å². The smallest absolute Gasteiger partial charge is 0.412 e. The van der Waals surface area contributed by atoms with Gasteiger partial charge >= 0.3 is 6.09 Å². The van der Waals surface area contributed by atoms with Crippen LogP contribution in [0.15, 0.2) is 18.2 Å². The Morgan fingerprint density at radius 2 is 2.00 bits per heavy atom. The normalized spacial score (nSPS) is 23.0. The highest BCUT2D eigenvalue weighted by Crippen LogP contribution is 2.61. The molecule has 1 saturated carbocycles. The second-order valence-electron chi connectivity index (χ2n) is 6.49. The molecule has 122 valence electrons. The average Bonchev–Trinajstić information content (AvgIpc) is 2.92. The van der Waals surface area contributed by atoms with Crippen LogP contribution in [0.3, 0.4) is 0 Å². The number of ether oxygens (including phenoxy) is 1. The van der Waals surface area contributed by atoms with Crippen molar-refractivity contribution in [3.05, 3.63) is 29.6 Å². The molecule has 3 N–H and O–H groups in total. The number of hydrogen-bond donors (Lipinski definition) is 2. The minimum Gasteiger partial charge on any atom is -0.444 e. The van der Waals surface area contributed by atoms with Crippen molar-refractivity contribution in [1.82, 2.24) is 0 Å². The van der Waals surface area contributed by atoms with Gasteiger partial charge in [-0.2, -0.15) is 0 Å². The van der Waals surface area contributed by atoms with E-state index < -0.39 is 35.3 Å². The van der Waals surface area contributed by atoms with Gasteiger partial charge in [0.25, 0.3) is 5.92 Å². The van der Waals surface area contributed by atoms with Crippen LogP contribution in [0.5, 0.6) is 0 Å². The molecule has 1 atom stereocenters. The summed E-state index contributed by atoms with van der Waals surface area (Å²) in [5.41, 5.74) is 3.03. The molecular formula is C15H19F3N2O2. The van der Waals surface area contributed by atoms with E-state index in [1.165, 1.54) is 12.1 Å². The van der Waals surface area contributed by atoms with Crippen LogP contribution in [0.2, 0.25) is 0 Å². The molecule has 7 heteroatoms. The highest BCUT2D eigenvalue weighted by molar-refractivity contribution is 5.85. The molecule has 0 aromatic heterocycles. The van der Waals surface area contributed by atoms with Crippen LogP contribution in [-0.4, -0.2) is 24.2 Å². The van der Waals surface area contributed by atoms with Crippen LogP contribution in [-0.2, 0) is 10.2 Å². The molecule has 1 fully saturated rings. The fourth-order valence-corrected chi connectivity index (χ4v) is 2.35. The van der Waals surface area contributed by atoms with Gasteiger partial charge in [0.2, 0.25) is 0 Å². The van der Waals surface area contributed by atoms with Crippen molar-refractivity contribution in [2.24, 2.45) is 5.73 Å². The second-order valence-corrected chi connectivity index (χ2v) is 6.49. The largest absolute Gasteiger partial charge is 0.444 e. The molecule has 0 aliphatic heterocycles. The highest BCUT2D eigenvalue weighted by Gasteiger charge is 2.71. The Morgan fingerprint density at radius 1 is 1.41 bits per heavy atom. The topological polar surface area (TPSA) is 64.3 Å². The third kappa shape index (κ3) is 3.04. The first kappa shape index (κ1) is 16.6. The van der Waals surface area contributed by atoms with Crippen LogP contribution in [0.4, 0.5) is 23.7 Å². The lowest BCUT2D eigenvalue weighted by atomic mass is 9.94. The predicted octanol–water partition coefficient (Wildman–Crippen LogP) is 3.41. The van der Waals surface area contributed by atoms with Crippen LogP contribution in [0, 0.1) is 5.82 Å². The summed E-state index contributed by atoms with van der Waals surface area (Å²) in [6.07, 6.45) is -1.24.